The molecule has 2 aromatic carbocycles. The maximum absolute atomic E-state index is 12.3. The van der Waals surface area contributed by atoms with Gasteiger partial charge in [0.1, 0.15) is 5.75 Å². The van der Waals surface area contributed by atoms with Gasteiger partial charge >= 0.3 is 0 Å². The van der Waals surface area contributed by atoms with Crippen LogP contribution in [-0.4, -0.2) is 13.0 Å². The number of methoxy groups -OCH3 is 1. The Balaban J connectivity index is 2.14. The number of benzene rings is 2. The quantitative estimate of drug-likeness (QED) is 0.874. The molecular formula is C18H20ClNO2. The molecule has 0 aromatic heterocycles. The van der Waals surface area contributed by atoms with Crippen LogP contribution < -0.4 is 10.1 Å². The highest BCUT2D eigenvalue weighted by Crippen LogP contribution is 2.27. The summed E-state index contributed by atoms with van der Waals surface area (Å²) in [6, 6.07) is 12.8. The number of amides is 1. The zero-order chi connectivity index (χ0) is 16.3. The second-order valence-electron chi connectivity index (χ2n) is 6.13. The Bertz CT molecular complexity index is 672. The molecule has 0 fully saturated rings. The Morgan fingerprint density at radius 1 is 1.09 bits per heavy atom. The van der Waals surface area contributed by atoms with Crippen LogP contribution in [0.15, 0.2) is 42.5 Å². The van der Waals surface area contributed by atoms with Crippen LogP contribution in [0.3, 0.4) is 0 Å². The van der Waals surface area contributed by atoms with Crippen molar-refractivity contribution in [2.24, 2.45) is 0 Å². The van der Waals surface area contributed by atoms with Crippen molar-refractivity contribution >= 4 is 23.2 Å². The molecule has 116 valence electrons. The SMILES string of the molecule is COc1ccc(NC(=O)c2ccc(C(C)(C)C)cc2)cc1Cl. The highest BCUT2D eigenvalue weighted by molar-refractivity contribution is 6.32. The maximum atomic E-state index is 12.3. The number of anilines is 1. The first kappa shape index (κ1) is 16.4. The van der Waals surface area contributed by atoms with E-state index in [1.165, 1.54) is 5.56 Å². The lowest BCUT2D eigenvalue weighted by molar-refractivity contribution is 0.102. The van der Waals surface area contributed by atoms with Gasteiger partial charge in [0.15, 0.2) is 0 Å². The van der Waals surface area contributed by atoms with E-state index >= 15 is 0 Å². The summed E-state index contributed by atoms with van der Waals surface area (Å²) >= 11 is 6.05. The third kappa shape index (κ3) is 3.80. The first-order valence-electron chi connectivity index (χ1n) is 7.06. The molecule has 0 unspecified atom stereocenters. The van der Waals surface area contributed by atoms with Crippen molar-refractivity contribution in [1.29, 1.82) is 0 Å². The summed E-state index contributed by atoms with van der Waals surface area (Å²) in [5.74, 6) is 0.413. The second-order valence-corrected chi connectivity index (χ2v) is 6.54. The van der Waals surface area contributed by atoms with Crippen LogP contribution in [0.2, 0.25) is 5.02 Å². The summed E-state index contributed by atoms with van der Waals surface area (Å²) in [6.45, 7) is 6.42. The first-order chi connectivity index (χ1) is 10.3. The molecule has 2 aromatic rings. The molecule has 0 aliphatic carbocycles. The molecule has 1 N–H and O–H groups in total. The summed E-state index contributed by atoms with van der Waals surface area (Å²) in [7, 11) is 1.55. The van der Waals surface area contributed by atoms with Gasteiger partial charge in [-0.05, 0) is 41.3 Å². The zero-order valence-corrected chi connectivity index (χ0v) is 14.0. The molecule has 22 heavy (non-hydrogen) atoms. The van der Waals surface area contributed by atoms with Gasteiger partial charge in [-0.2, -0.15) is 0 Å². The molecule has 0 spiro atoms. The van der Waals surface area contributed by atoms with E-state index in [9.17, 15) is 4.79 Å². The molecule has 4 heteroatoms. The lowest BCUT2D eigenvalue weighted by Gasteiger charge is -2.19. The van der Waals surface area contributed by atoms with Crippen molar-refractivity contribution in [2.75, 3.05) is 12.4 Å². The van der Waals surface area contributed by atoms with E-state index in [0.717, 1.165) is 0 Å². The fraction of sp³-hybridized carbons (Fsp3) is 0.278. The molecule has 1 amide bonds. The van der Waals surface area contributed by atoms with Gasteiger partial charge in [0, 0.05) is 11.3 Å². The summed E-state index contributed by atoms with van der Waals surface area (Å²) < 4.78 is 5.09. The van der Waals surface area contributed by atoms with Gasteiger partial charge in [-0.25, -0.2) is 0 Å². The predicted molar refractivity (Wildman–Crippen MR) is 91.1 cm³/mol. The number of carbonyl (C=O) groups is 1. The Kier molecular flexibility index (Phi) is 4.77. The van der Waals surface area contributed by atoms with Crippen LogP contribution in [-0.2, 0) is 5.41 Å². The van der Waals surface area contributed by atoms with Crippen molar-refractivity contribution in [3.05, 3.63) is 58.6 Å². The molecule has 3 nitrogen and oxygen atoms in total. The molecule has 0 saturated carbocycles. The van der Waals surface area contributed by atoms with Gasteiger partial charge in [-0.15, -0.1) is 0 Å². The smallest absolute Gasteiger partial charge is 0.255 e. The van der Waals surface area contributed by atoms with E-state index in [1.54, 1.807) is 25.3 Å². The molecule has 0 aliphatic heterocycles. The van der Waals surface area contributed by atoms with E-state index in [4.69, 9.17) is 16.3 Å². The standard InChI is InChI=1S/C18H20ClNO2/c1-18(2,3)13-7-5-12(6-8-13)17(21)20-14-9-10-16(22-4)15(19)11-14/h5-11H,1-4H3,(H,20,21). The van der Waals surface area contributed by atoms with E-state index < -0.39 is 0 Å². The monoisotopic (exact) mass is 317 g/mol. The maximum Gasteiger partial charge on any atom is 0.255 e. The number of rotatable bonds is 3. The summed E-state index contributed by atoms with van der Waals surface area (Å²) in [5.41, 5.74) is 2.51. The minimum Gasteiger partial charge on any atom is -0.495 e. The zero-order valence-electron chi connectivity index (χ0n) is 13.2. The molecular weight excluding hydrogens is 298 g/mol. The molecule has 2 rings (SSSR count). The van der Waals surface area contributed by atoms with Crippen LogP contribution in [0, 0.1) is 0 Å². The Labute approximate surface area is 136 Å². The van der Waals surface area contributed by atoms with E-state index in [-0.39, 0.29) is 11.3 Å². The van der Waals surface area contributed by atoms with Crippen molar-refractivity contribution in [2.45, 2.75) is 26.2 Å². The molecule has 0 heterocycles. The normalized spacial score (nSPS) is 11.1. The Hall–Kier alpha value is -2.00. The Morgan fingerprint density at radius 3 is 2.23 bits per heavy atom. The summed E-state index contributed by atoms with van der Waals surface area (Å²) in [4.78, 5) is 12.3. The van der Waals surface area contributed by atoms with Gasteiger partial charge in [0.05, 0.1) is 12.1 Å². The number of hydrogen-bond donors (Lipinski definition) is 1. The molecule has 0 aliphatic rings. The van der Waals surface area contributed by atoms with Gasteiger partial charge in [0.25, 0.3) is 5.91 Å². The molecule has 0 atom stereocenters. The summed E-state index contributed by atoms with van der Waals surface area (Å²) in [6.07, 6.45) is 0. The van der Waals surface area contributed by atoms with Crippen LogP contribution in [0.5, 0.6) is 5.75 Å². The van der Waals surface area contributed by atoms with Gasteiger partial charge in [-0.1, -0.05) is 44.5 Å². The fourth-order valence-electron chi connectivity index (χ4n) is 2.07. The van der Waals surface area contributed by atoms with Crippen molar-refractivity contribution in [1.82, 2.24) is 0 Å². The van der Waals surface area contributed by atoms with Gasteiger partial charge < -0.3 is 10.1 Å². The largest absolute Gasteiger partial charge is 0.495 e. The van der Waals surface area contributed by atoms with Crippen molar-refractivity contribution in [3.63, 3.8) is 0 Å². The molecule has 0 radical (unpaired) electrons. The van der Waals surface area contributed by atoms with E-state index in [0.29, 0.717) is 22.0 Å². The average molecular weight is 318 g/mol. The first-order valence-corrected chi connectivity index (χ1v) is 7.44. The fourth-order valence-corrected chi connectivity index (χ4v) is 2.33. The number of hydrogen-bond acceptors (Lipinski definition) is 2. The third-order valence-electron chi connectivity index (χ3n) is 3.42. The molecule has 0 bridgehead atoms. The number of ether oxygens (including phenoxy) is 1. The van der Waals surface area contributed by atoms with Gasteiger partial charge in [-0.3, -0.25) is 4.79 Å². The van der Waals surface area contributed by atoms with Crippen molar-refractivity contribution < 1.29 is 9.53 Å². The second kappa shape index (κ2) is 6.41. The van der Waals surface area contributed by atoms with Gasteiger partial charge in [0.2, 0.25) is 0 Å². The van der Waals surface area contributed by atoms with Crippen LogP contribution in [0.25, 0.3) is 0 Å². The lowest BCUT2D eigenvalue weighted by atomic mass is 9.87. The lowest BCUT2D eigenvalue weighted by Crippen LogP contribution is -2.14. The summed E-state index contributed by atoms with van der Waals surface area (Å²) in [5, 5.41) is 3.29. The highest BCUT2D eigenvalue weighted by Gasteiger charge is 2.14. The van der Waals surface area contributed by atoms with Crippen LogP contribution in [0.4, 0.5) is 5.69 Å². The molecule has 0 saturated heterocycles. The van der Waals surface area contributed by atoms with E-state index in [2.05, 4.69) is 26.1 Å². The van der Waals surface area contributed by atoms with Crippen LogP contribution in [0.1, 0.15) is 36.7 Å². The predicted octanol–water partition coefficient (Wildman–Crippen LogP) is 4.90. The minimum atomic E-state index is -0.165. The topological polar surface area (TPSA) is 38.3 Å². The van der Waals surface area contributed by atoms with Crippen molar-refractivity contribution in [3.8, 4) is 5.75 Å². The average Bonchev–Trinajstić information content (AvgIpc) is 2.46. The number of halogens is 1. The number of carbonyl (C=O) groups excluding carboxylic acids is 1. The van der Waals surface area contributed by atoms with Crippen LogP contribution >= 0.6 is 11.6 Å². The van der Waals surface area contributed by atoms with E-state index in [1.807, 2.05) is 24.3 Å². The number of nitrogens with one attached hydrogen (secondary N) is 1. The Morgan fingerprint density at radius 2 is 1.73 bits per heavy atom. The minimum absolute atomic E-state index is 0.0680. The highest BCUT2D eigenvalue weighted by atomic mass is 35.5. The third-order valence-corrected chi connectivity index (χ3v) is 3.72.